The van der Waals surface area contributed by atoms with Crippen molar-refractivity contribution >= 4 is 35.1 Å². The molecule has 2 rings (SSSR count). The Labute approximate surface area is 92.3 Å². The molecule has 1 aliphatic rings. The summed E-state index contributed by atoms with van der Waals surface area (Å²) in [7, 11) is 0. The van der Waals surface area contributed by atoms with Gasteiger partial charge in [-0.1, -0.05) is 23.2 Å². The molecule has 0 bridgehead atoms. The lowest BCUT2D eigenvalue weighted by atomic mass is 10.1. The Hall–Kier alpha value is -0.790. The summed E-state index contributed by atoms with van der Waals surface area (Å²) in [5.41, 5.74) is 3.15. The number of allylic oxidation sites excluding steroid dienone is 2. The fourth-order valence-electron chi connectivity index (χ4n) is 1.79. The van der Waals surface area contributed by atoms with Crippen LogP contribution in [-0.2, 0) is 11.2 Å². The summed E-state index contributed by atoms with van der Waals surface area (Å²) in [6, 6.07) is 3.61. The van der Waals surface area contributed by atoms with Crippen molar-refractivity contribution in [3.8, 4) is 0 Å². The van der Waals surface area contributed by atoms with E-state index in [0.29, 0.717) is 10.0 Å². The van der Waals surface area contributed by atoms with E-state index in [1.165, 1.54) is 0 Å². The van der Waals surface area contributed by atoms with Crippen LogP contribution in [0.4, 0.5) is 0 Å². The van der Waals surface area contributed by atoms with Crippen LogP contribution in [0.5, 0.6) is 0 Å². The zero-order chi connectivity index (χ0) is 10.1. The van der Waals surface area contributed by atoms with Crippen LogP contribution in [0, 0.1) is 0 Å². The first-order valence-electron chi connectivity index (χ1n) is 4.35. The van der Waals surface area contributed by atoms with Crippen molar-refractivity contribution in [1.82, 2.24) is 0 Å². The minimum absolute atomic E-state index is 0.618. The predicted octanol–water partition coefficient (Wildman–Crippen LogP) is 3.52. The number of halogens is 2. The molecule has 0 radical (unpaired) electrons. The molecule has 0 amide bonds. The van der Waals surface area contributed by atoms with Gasteiger partial charge in [-0.2, -0.15) is 0 Å². The summed E-state index contributed by atoms with van der Waals surface area (Å²) in [5.74, 6) is 0. The van der Waals surface area contributed by atoms with Crippen LogP contribution in [-0.4, -0.2) is 6.29 Å². The third kappa shape index (κ3) is 1.58. The van der Waals surface area contributed by atoms with Crippen LogP contribution in [0.2, 0.25) is 10.0 Å². The van der Waals surface area contributed by atoms with Gasteiger partial charge in [0.05, 0.1) is 0 Å². The van der Waals surface area contributed by atoms with Crippen molar-refractivity contribution in [1.29, 1.82) is 0 Å². The largest absolute Gasteiger partial charge is 0.299 e. The molecule has 0 fully saturated rings. The highest BCUT2D eigenvalue weighted by Gasteiger charge is 2.19. The second kappa shape index (κ2) is 3.76. The maximum atomic E-state index is 10.4. The molecule has 0 aromatic heterocycles. The highest BCUT2D eigenvalue weighted by molar-refractivity contribution is 6.35. The number of carbonyl (C=O) groups excluding carboxylic acids is 1. The molecule has 0 aliphatic heterocycles. The fraction of sp³-hybridized carbons (Fsp3) is 0.182. The summed E-state index contributed by atoms with van der Waals surface area (Å²) in [6.45, 7) is 0. The monoisotopic (exact) mass is 226 g/mol. The highest BCUT2D eigenvalue weighted by Crippen LogP contribution is 2.38. The summed E-state index contributed by atoms with van der Waals surface area (Å²) in [4.78, 5) is 10.4. The minimum Gasteiger partial charge on any atom is -0.299 e. The Morgan fingerprint density at radius 2 is 2.00 bits per heavy atom. The van der Waals surface area contributed by atoms with E-state index in [-0.39, 0.29) is 0 Å². The lowest BCUT2D eigenvalue weighted by Crippen LogP contribution is -1.83. The van der Waals surface area contributed by atoms with E-state index in [2.05, 4.69) is 0 Å². The van der Waals surface area contributed by atoms with Crippen molar-refractivity contribution in [2.75, 3.05) is 0 Å². The third-order valence-corrected chi connectivity index (χ3v) is 2.98. The van der Waals surface area contributed by atoms with Gasteiger partial charge in [-0.05, 0) is 47.8 Å². The normalized spacial score (nSPS) is 17.1. The molecule has 1 aliphatic carbocycles. The molecule has 1 aromatic rings. The van der Waals surface area contributed by atoms with Gasteiger partial charge in [0, 0.05) is 10.0 Å². The molecule has 0 saturated heterocycles. The summed E-state index contributed by atoms with van der Waals surface area (Å²) in [6.07, 6.45) is 4.15. The number of fused-ring (bicyclic) bond motifs is 1. The van der Waals surface area contributed by atoms with Gasteiger partial charge in [0.1, 0.15) is 6.29 Å². The molecule has 0 heterocycles. The standard InChI is InChI=1S/C11H8Cl2O/c12-8-5-10-7(3-4-14)1-2-9(10)11(13)6-8/h3-6H,1-2H2/b7-3-. The van der Waals surface area contributed by atoms with Crippen LogP contribution in [0.25, 0.3) is 5.57 Å². The number of hydrogen-bond donors (Lipinski definition) is 0. The Kier molecular flexibility index (Phi) is 2.62. The van der Waals surface area contributed by atoms with Crippen LogP contribution >= 0.6 is 23.2 Å². The highest BCUT2D eigenvalue weighted by atomic mass is 35.5. The van der Waals surface area contributed by atoms with Gasteiger partial charge in [-0.15, -0.1) is 0 Å². The number of rotatable bonds is 1. The maximum Gasteiger partial charge on any atom is 0.143 e. The first-order chi connectivity index (χ1) is 6.72. The molecule has 72 valence electrons. The van der Waals surface area contributed by atoms with Gasteiger partial charge in [-0.3, -0.25) is 4.79 Å². The molecule has 0 atom stereocenters. The van der Waals surface area contributed by atoms with Crippen molar-refractivity contribution < 1.29 is 4.79 Å². The molecule has 14 heavy (non-hydrogen) atoms. The Bertz CT molecular complexity index is 422. The smallest absolute Gasteiger partial charge is 0.143 e. The van der Waals surface area contributed by atoms with Gasteiger partial charge in [0.25, 0.3) is 0 Å². The lowest BCUT2D eigenvalue weighted by molar-refractivity contribution is -0.104. The van der Waals surface area contributed by atoms with E-state index in [4.69, 9.17) is 23.2 Å². The van der Waals surface area contributed by atoms with Crippen LogP contribution in [0.3, 0.4) is 0 Å². The molecule has 0 spiro atoms. The van der Waals surface area contributed by atoms with Crippen molar-refractivity contribution in [2.45, 2.75) is 12.8 Å². The number of benzene rings is 1. The molecule has 0 N–H and O–H groups in total. The van der Waals surface area contributed by atoms with E-state index in [1.54, 1.807) is 12.1 Å². The minimum atomic E-state index is 0.618. The Morgan fingerprint density at radius 3 is 2.71 bits per heavy atom. The van der Waals surface area contributed by atoms with Crippen molar-refractivity contribution in [2.24, 2.45) is 0 Å². The van der Waals surface area contributed by atoms with Gasteiger partial charge in [-0.25, -0.2) is 0 Å². The predicted molar refractivity (Wildman–Crippen MR) is 58.8 cm³/mol. The van der Waals surface area contributed by atoms with Gasteiger partial charge in [0.2, 0.25) is 0 Å². The van der Waals surface area contributed by atoms with Gasteiger partial charge < -0.3 is 0 Å². The summed E-state index contributed by atoms with van der Waals surface area (Å²) >= 11 is 11.9. The lowest BCUT2D eigenvalue weighted by Gasteiger charge is -2.03. The van der Waals surface area contributed by atoms with Crippen LogP contribution in [0.15, 0.2) is 18.2 Å². The SMILES string of the molecule is O=C/C=C1/CCc2c(Cl)cc(Cl)cc21. The van der Waals surface area contributed by atoms with Gasteiger partial charge in [0.15, 0.2) is 0 Å². The fourth-order valence-corrected chi connectivity index (χ4v) is 2.38. The van der Waals surface area contributed by atoms with Crippen molar-refractivity contribution in [3.63, 3.8) is 0 Å². The number of hydrogen-bond acceptors (Lipinski definition) is 1. The Balaban J connectivity index is 2.60. The number of carbonyl (C=O) groups is 1. The molecule has 0 unspecified atom stereocenters. The maximum absolute atomic E-state index is 10.4. The third-order valence-electron chi connectivity index (χ3n) is 2.42. The summed E-state index contributed by atoms with van der Waals surface area (Å²) in [5, 5.41) is 1.31. The van der Waals surface area contributed by atoms with Crippen molar-refractivity contribution in [3.05, 3.63) is 39.4 Å². The van der Waals surface area contributed by atoms with E-state index in [9.17, 15) is 4.79 Å². The van der Waals surface area contributed by atoms with Gasteiger partial charge >= 0.3 is 0 Å². The zero-order valence-corrected chi connectivity index (χ0v) is 8.90. The second-order valence-corrected chi connectivity index (χ2v) is 4.09. The first kappa shape index (κ1) is 9.75. The van der Waals surface area contributed by atoms with E-state index < -0.39 is 0 Å². The number of aldehydes is 1. The summed E-state index contributed by atoms with van der Waals surface area (Å²) < 4.78 is 0. The molecular formula is C11H8Cl2O. The van der Waals surface area contributed by atoms with E-state index in [0.717, 1.165) is 35.8 Å². The quantitative estimate of drug-likeness (QED) is 0.529. The van der Waals surface area contributed by atoms with E-state index in [1.807, 2.05) is 6.07 Å². The molecular weight excluding hydrogens is 219 g/mol. The molecule has 0 saturated carbocycles. The second-order valence-electron chi connectivity index (χ2n) is 3.24. The average Bonchev–Trinajstić information content (AvgIpc) is 2.49. The average molecular weight is 227 g/mol. The van der Waals surface area contributed by atoms with Crippen LogP contribution in [0.1, 0.15) is 17.5 Å². The van der Waals surface area contributed by atoms with Crippen LogP contribution < -0.4 is 0 Å². The molecule has 1 aromatic carbocycles. The molecule has 1 nitrogen and oxygen atoms in total. The zero-order valence-electron chi connectivity index (χ0n) is 7.39. The Morgan fingerprint density at radius 1 is 1.21 bits per heavy atom. The van der Waals surface area contributed by atoms with E-state index >= 15 is 0 Å². The topological polar surface area (TPSA) is 17.1 Å². The molecule has 3 heteroatoms. The first-order valence-corrected chi connectivity index (χ1v) is 5.10.